The van der Waals surface area contributed by atoms with Crippen LogP contribution in [-0.4, -0.2) is 28.4 Å². The molecule has 0 saturated heterocycles. The maximum Gasteiger partial charge on any atom is 0.252 e. The molecule has 2 aromatic rings. The van der Waals surface area contributed by atoms with Crippen LogP contribution in [0.25, 0.3) is 10.9 Å². The largest absolute Gasteiger partial charge is 0.349 e. The molecule has 1 amide bonds. The summed E-state index contributed by atoms with van der Waals surface area (Å²) in [6.45, 7) is 1.82. The molecular formula is C18H21FN2OS. The molecule has 3 nitrogen and oxygen atoms in total. The summed E-state index contributed by atoms with van der Waals surface area (Å²) in [7, 11) is 0. The van der Waals surface area contributed by atoms with Gasteiger partial charge >= 0.3 is 0 Å². The third-order valence-corrected chi connectivity index (χ3v) is 5.53. The molecule has 1 fully saturated rings. The first kappa shape index (κ1) is 16.2. The molecule has 1 aliphatic rings. The summed E-state index contributed by atoms with van der Waals surface area (Å²) >= 11 is 1.88. The normalized spacial score (nSPS) is 21.3. The van der Waals surface area contributed by atoms with Gasteiger partial charge in [-0.1, -0.05) is 6.42 Å². The van der Waals surface area contributed by atoms with Crippen LogP contribution >= 0.6 is 11.8 Å². The van der Waals surface area contributed by atoms with Crippen molar-refractivity contribution in [2.75, 3.05) is 6.26 Å². The number of fused-ring (bicyclic) bond motifs is 1. The number of aromatic nitrogens is 1. The van der Waals surface area contributed by atoms with Crippen molar-refractivity contribution in [1.29, 1.82) is 0 Å². The monoisotopic (exact) mass is 332 g/mol. The van der Waals surface area contributed by atoms with Gasteiger partial charge in [0.05, 0.1) is 11.1 Å². The Balaban J connectivity index is 1.86. The Morgan fingerprint density at radius 3 is 2.96 bits per heavy atom. The summed E-state index contributed by atoms with van der Waals surface area (Å²) in [4.78, 5) is 17.0. The molecule has 1 N–H and O–H groups in total. The summed E-state index contributed by atoms with van der Waals surface area (Å²) in [6, 6.07) is 6.39. The summed E-state index contributed by atoms with van der Waals surface area (Å²) in [5, 5.41) is 4.48. The molecule has 122 valence electrons. The number of carbonyl (C=O) groups excluding carboxylic acids is 1. The lowest BCUT2D eigenvalue weighted by Gasteiger charge is -2.28. The molecule has 2 atom stereocenters. The first-order chi connectivity index (χ1) is 11.1. The van der Waals surface area contributed by atoms with Crippen molar-refractivity contribution in [3.63, 3.8) is 0 Å². The van der Waals surface area contributed by atoms with E-state index in [0.29, 0.717) is 21.7 Å². The summed E-state index contributed by atoms with van der Waals surface area (Å²) in [6.07, 6.45) is 6.55. The second-order valence-electron chi connectivity index (χ2n) is 6.17. The molecule has 1 aromatic carbocycles. The molecule has 1 heterocycles. The average molecular weight is 332 g/mol. The maximum absolute atomic E-state index is 13.4. The third kappa shape index (κ3) is 3.66. The van der Waals surface area contributed by atoms with Crippen molar-refractivity contribution < 1.29 is 9.18 Å². The second kappa shape index (κ2) is 6.87. The number of rotatable bonds is 3. The number of pyridine rings is 1. The Kier molecular flexibility index (Phi) is 4.85. The van der Waals surface area contributed by atoms with Gasteiger partial charge in [-0.15, -0.1) is 0 Å². The zero-order chi connectivity index (χ0) is 16.4. The molecule has 1 aromatic heterocycles. The SMILES string of the molecule is CSC1CCCC(NC(=O)c2cc(C)nc3cc(F)ccc23)C1. The van der Waals surface area contributed by atoms with Crippen molar-refractivity contribution in [3.05, 3.63) is 41.3 Å². The summed E-state index contributed by atoms with van der Waals surface area (Å²) < 4.78 is 13.4. The fourth-order valence-electron chi connectivity index (χ4n) is 3.28. The van der Waals surface area contributed by atoms with E-state index >= 15 is 0 Å². The van der Waals surface area contributed by atoms with E-state index in [1.165, 1.54) is 18.6 Å². The van der Waals surface area contributed by atoms with E-state index < -0.39 is 0 Å². The molecular weight excluding hydrogens is 311 g/mol. The molecule has 5 heteroatoms. The lowest BCUT2D eigenvalue weighted by molar-refractivity contribution is 0.0930. The Bertz CT molecular complexity index is 729. The van der Waals surface area contributed by atoms with Crippen LogP contribution < -0.4 is 5.32 Å². The number of benzene rings is 1. The van der Waals surface area contributed by atoms with Crippen LogP contribution in [0, 0.1) is 12.7 Å². The van der Waals surface area contributed by atoms with E-state index in [0.717, 1.165) is 25.0 Å². The Hall–Kier alpha value is -1.62. The zero-order valence-electron chi connectivity index (χ0n) is 13.4. The number of hydrogen-bond donors (Lipinski definition) is 1. The van der Waals surface area contributed by atoms with Crippen molar-refractivity contribution >= 4 is 28.6 Å². The first-order valence-electron chi connectivity index (χ1n) is 7.97. The highest BCUT2D eigenvalue weighted by molar-refractivity contribution is 7.99. The topological polar surface area (TPSA) is 42.0 Å². The van der Waals surface area contributed by atoms with Crippen LogP contribution in [0.2, 0.25) is 0 Å². The smallest absolute Gasteiger partial charge is 0.252 e. The van der Waals surface area contributed by atoms with Crippen molar-refractivity contribution in [1.82, 2.24) is 10.3 Å². The molecule has 0 aliphatic heterocycles. The van der Waals surface area contributed by atoms with Crippen molar-refractivity contribution in [3.8, 4) is 0 Å². The molecule has 1 aliphatic carbocycles. The fraction of sp³-hybridized carbons (Fsp3) is 0.444. The van der Waals surface area contributed by atoms with Crippen LogP contribution in [0.4, 0.5) is 4.39 Å². The van der Waals surface area contributed by atoms with Crippen molar-refractivity contribution in [2.24, 2.45) is 0 Å². The number of nitrogens with one attached hydrogen (secondary N) is 1. The van der Waals surface area contributed by atoms with Gasteiger partial charge in [-0.2, -0.15) is 11.8 Å². The predicted octanol–water partition coefficient (Wildman–Crippen LogP) is 4.09. The van der Waals surface area contributed by atoms with Crippen LogP contribution in [0.5, 0.6) is 0 Å². The minimum Gasteiger partial charge on any atom is -0.349 e. The summed E-state index contributed by atoms with van der Waals surface area (Å²) in [5.41, 5.74) is 1.83. The molecule has 0 radical (unpaired) electrons. The minimum atomic E-state index is -0.336. The van der Waals surface area contributed by atoms with Gasteiger partial charge < -0.3 is 5.32 Å². The Morgan fingerprint density at radius 2 is 2.17 bits per heavy atom. The van der Waals surface area contributed by atoms with Gasteiger partial charge in [0, 0.05) is 28.4 Å². The highest BCUT2D eigenvalue weighted by Crippen LogP contribution is 2.27. The van der Waals surface area contributed by atoms with Gasteiger partial charge in [-0.3, -0.25) is 9.78 Å². The standard InChI is InChI=1S/C18H21FN2OS/c1-11-8-16(15-7-6-12(19)9-17(15)20-11)18(22)21-13-4-3-5-14(10-13)23-2/h6-9,13-14H,3-5,10H2,1-2H3,(H,21,22). The van der Waals surface area contributed by atoms with Gasteiger partial charge in [-0.05, 0) is 50.6 Å². The number of amides is 1. The van der Waals surface area contributed by atoms with Crippen molar-refractivity contribution in [2.45, 2.75) is 43.9 Å². The molecule has 3 rings (SSSR count). The molecule has 0 bridgehead atoms. The number of aryl methyl sites for hydroxylation is 1. The average Bonchev–Trinajstić information content (AvgIpc) is 2.53. The van der Waals surface area contributed by atoms with Gasteiger partial charge in [0.15, 0.2) is 0 Å². The van der Waals surface area contributed by atoms with Gasteiger partial charge in [-0.25, -0.2) is 4.39 Å². The van der Waals surface area contributed by atoms with E-state index in [9.17, 15) is 9.18 Å². The van der Waals surface area contributed by atoms with Crippen LogP contribution in [-0.2, 0) is 0 Å². The fourth-order valence-corrected chi connectivity index (χ4v) is 4.10. The Morgan fingerprint density at radius 1 is 1.35 bits per heavy atom. The number of hydrogen-bond acceptors (Lipinski definition) is 3. The number of nitrogens with zero attached hydrogens (tertiary/aromatic N) is 1. The number of carbonyl (C=O) groups is 1. The highest BCUT2D eigenvalue weighted by Gasteiger charge is 2.23. The van der Waals surface area contributed by atoms with Crippen LogP contribution in [0.1, 0.15) is 41.7 Å². The third-order valence-electron chi connectivity index (χ3n) is 4.44. The summed E-state index contributed by atoms with van der Waals surface area (Å²) in [5.74, 6) is -0.420. The molecule has 0 spiro atoms. The van der Waals surface area contributed by atoms with E-state index in [-0.39, 0.29) is 17.8 Å². The lowest BCUT2D eigenvalue weighted by atomic mass is 9.94. The van der Waals surface area contributed by atoms with E-state index in [1.54, 1.807) is 12.1 Å². The first-order valence-corrected chi connectivity index (χ1v) is 9.26. The van der Waals surface area contributed by atoms with E-state index in [2.05, 4.69) is 16.6 Å². The quantitative estimate of drug-likeness (QED) is 0.920. The lowest BCUT2D eigenvalue weighted by Crippen LogP contribution is -2.39. The van der Waals surface area contributed by atoms with Gasteiger partial charge in [0.2, 0.25) is 0 Å². The maximum atomic E-state index is 13.4. The number of halogens is 1. The molecule has 23 heavy (non-hydrogen) atoms. The van der Waals surface area contributed by atoms with E-state index in [1.807, 2.05) is 18.7 Å². The van der Waals surface area contributed by atoms with Gasteiger partial charge in [0.1, 0.15) is 5.82 Å². The predicted molar refractivity (Wildman–Crippen MR) is 93.5 cm³/mol. The zero-order valence-corrected chi connectivity index (χ0v) is 14.3. The van der Waals surface area contributed by atoms with Crippen LogP contribution in [0.15, 0.2) is 24.3 Å². The van der Waals surface area contributed by atoms with Gasteiger partial charge in [0.25, 0.3) is 5.91 Å². The highest BCUT2D eigenvalue weighted by atomic mass is 32.2. The molecule has 2 unspecified atom stereocenters. The van der Waals surface area contributed by atoms with Crippen LogP contribution in [0.3, 0.4) is 0 Å². The van der Waals surface area contributed by atoms with E-state index in [4.69, 9.17) is 0 Å². The minimum absolute atomic E-state index is 0.0844. The molecule has 1 saturated carbocycles. The Labute approximate surface area is 140 Å². The number of thioether (sulfide) groups is 1. The second-order valence-corrected chi connectivity index (χ2v) is 7.31.